The molecule has 0 spiro atoms. The molecule has 1 saturated heterocycles. The fourth-order valence-electron chi connectivity index (χ4n) is 3.26. The zero-order valence-electron chi connectivity index (χ0n) is 16.8. The molecule has 0 bridgehead atoms. The van der Waals surface area contributed by atoms with E-state index in [9.17, 15) is 13.2 Å². The Balaban J connectivity index is 1.53. The van der Waals surface area contributed by atoms with Gasteiger partial charge in [-0.25, -0.2) is 13.8 Å². The third-order valence-corrected chi connectivity index (χ3v) is 6.44. The van der Waals surface area contributed by atoms with Crippen LogP contribution < -0.4 is 9.73 Å². The summed E-state index contributed by atoms with van der Waals surface area (Å²) < 4.78 is 26.1. The maximum atomic E-state index is 12.4. The summed E-state index contributed by atoms with van der Waals surface area (Å²) >= 11 is 3.32. The molecule has 2 aromatic rings. The van der Waals surface area contributed by atoms with E-state index >= 15 is 0 Å². The van der Waals surface area contributed by atoms with Gasteiger partial charge in [-0.1, -0.05) is 52.3 Å². The van der Waals surface area contributed by atoms with Crippen LogP contribution in [0.5, 0.6) is 0 Å². The van der Waals surface area contributed by atoms with Crippen molar-refractivity contribution >= 4 is 43.3 Å². The molecule has 0 unspecified atom stereocenters. The topological polar surface area (TPSA) is 82.1 Å². The summed E-state index contributed by atoms with van der Waals surface area (Å²) in [4.78, 5) is 14.7. The van der Waals surface area contributed by atoms with Crippen LogP contribution in [0.1, 0.15) is 18.4 Å². The highest BCUT2D eigenvalue weighted by molar-refractivity contribution is 9.10. The summed E-state index contributed by atoms with van der Waals surface area (Å²) in [7, 11) is -3.61. The first-order chi connectivity index (χ1) is 14.3. The summed E-state index contributed by atoms with van der Waals surface area (Å²) in [6.45, 7) is 2.32. The molecule has 1 aliphatic heterocycles. The second-order valence-electron chi connectivity index (χ2n) is 7.22. The Kier molecular flexibility index (Phi) is 7.63. The minimum atomic E-state index is -3.61. The number of nitrogens with zero attached hydrogens (tertiary/aromatic N) is 3. The second-order valence-corrected chi connectivity index (χ2v) is 10.0. The van der Waals surface area contributed by atoms with Crippen LogP contribution in [0.3, 0.4) is 0 Å². The van der Waals surface area contributed by atoms with Crippen LogP contribution in [0.4, 0.5) is 5.69 Å². The monoisotopic (exact) mass is 492 g/mol. The van der Waals surface area contributed by atoms with E-state index in [0.717, 1.165) is 53.2 Å². The Labute approximate surface area is 185 Å². The van der Waals surface area contributed by atoms with E-state index in [4.69, 9.17) is 0 Å². The first-order valence-corrected chi connectivity index (χ1v) is 12.3. The Morgan fingerprint density at radius 2 is 1.83 bits per heavy atom. The molecule has 1 aliphatic rings. The van der Waals surface area contributed by atoms with Gasteiger partial charge in [-0.3, -0.25) is 14.0 Å². The van der Waals surface area contributed by atoms with Gasteiger partial charge < -0.3 is 0 Å². The summed E-state index contributed by atoms with van der Waals surface area (Å²) in [6, 6.07) is 17.1. The smallest absolute Gasteiger partial charge is 0.260 e. The molecule has 30 heavy (non-hydrogen) atoms. The van der Waals surface area contributed by atoms with E-state index < -0.39 is 15.9 Å². The Morgan fingerprint density at radius 1 is 1.13 bits per heavy atom. The Morgan fingerprint density at radius 3 is 2.47 bits per heavy atom. The number of nitrogens with one attached hydrogen (secondary N) is 1. The number of carbonyl (C=O) groups is 1. The number of carbonyl (C=O) groups excluding carboxylic acids is 1. The van der Waals surface area contributed by atoms with Crippen LogP contribution in [0.25, 0.3) is 0 Å². The number of piperidine rings is 1. The summed E-state index contributed by atoms with van der Waals surface area (Å²) in [5.41, 5.74) is 5.13. The van der Waals surface area contributed by atoms with Crippen LogP contribution in [0, 0.1) is 0 Å². The number of hydrazone groups is 1. The fraction of sp³-hybridized carbons (Fsp3) is 0.333. The maximum absolute atomic E-state index is 12.4. The quantitative estimate of drug-likeness (QED) is 0.602. The van der Waals surface area contributed by atoms with E-state index in [-0.39, 0.29) is 6.54 Å². The Bertz CT molecular complexity index is 1000. The molecule has 2 aromatic carbocycles. The van der Waals surface area contributed by atoms with Gasteiger partial charge >= 0.3 is 0 Å². The van der Waals surface area contributed by atoms with Gasteiger partial charge in [0, 0.05) is 42.7 Å². The molecule has 0 atom stereocenters. The van der Waals surface area contributed by atoms with E-state index in [1.165, 1.54) is 5.56 Å². The number of benzene rings is 2. The van der Waals surface area contributed by atoms with Crippen LogP contribution in [-0.2, 0) is 21.4 Å². The number of halogens is 1. The van der Waals surface area contributed by atoms with Crippen LogP contribution in [-0.4, -0.2) is 50.8 Å². The molecule has 1 amide bonds. The summed E-state index contributed by atoms with van der Waals surface area (Å²) in [6.07, 6.45) is 2.62. The molecule has 0 aromatic heterocycles. The number of hydrogen-bond acceptors (Lipinski definition) is 5. The van der Waals surface area contributed by atoms with Crippen molar-refractivity contribution < 1.29 is 13.2 Å². The molecule has 7 nitrogen and oxygen atoms in total. The van der Waals surface area contributed by atoms with Gasteiger partial charge in [0.05, 0.1) is 11.9 Å². The summed E-state index contributed by atoms with van der Waals surface area (Å²) in [5.74, 6) is -0.473. The molecular formula is C21H25BrN4O3S. The van der Waals surface area contributed by atoms with Crippen molar-refractivity contribution in [1.82, 2.24) is 10.3 Å². The number of likely N-dealkylation sites (tertiary alicyclic amines) is 1. The Hall–Kier alpha value is -2.23. The largest absolute Gasteiger partial charge is 0.298 e. The van der Waals surface area contributed by atoms with Gasteiger partial charge in [-0.2, -0.15) is 5.10 Å². The molecule has 1 N–H and O–H groups in total. The molecule has 0 radical (unpaired) electrons. The lowest BCUT2D eigenvalue weighted by Crippen LogP contribution is -2.40. The highest BCUT2D eigenvalue weighted by Crippen LogP contribution is 2.22. The van der Waals surface area contributed by atoms with E-state index in [0.29, 0.717) is 5.69 Å². The third kappa shape index (κ3) is 6.65. The molecule has 3 rings (SSSR count). The average molecular weight is 493 g/mol. The third-order valence-electron chi connectivity index (χ3n) is 4.80. The lowest BCUT2D eigenvalue weighted by atomic mass is 10.1. The first-order valence-electron chi connectivity index (χ1n) is 9.65. The SMILES string of the molecule is CS(=O)(=O)N(CC(=O)NN=C1CCN(Cc2ccccc2)CC1)c1cccc(Br)c1. The average Bonchev–Trinajstić information content (AvgIpc) is 2.71. The van der Waals surface area contributed by atoms with Crippen molar-refractivity contribution in [3.8, 4) is 0 Å². The first kappa shape index (κ1) is 22.5. The van der Waals surface area contributed by atoms with Gasteiger partial charge in [0.1, 0.15) is 6.54 Å². The standard InChI is InChI=1S/C21H25BrN4O3S/c1-30(28,29)26(20-9-5-8-18(22)14-20)16-21(27)24-23-19-10-12-25(13-11-19)15-17-6-3-2-4-7-17/h2-9,14H,10-13,15-16H2,1H3,(H,24,27). The lowest BCUT2D eigenvalue weighted by Gasteiger charge is -2.27. The van der Waals surface area contributed by atoms with Crippen LogP contribution >= 0.6 is 15.9 Å². The van der Waals surface area contributed by atoms with Crippen molar-refractivity contribution in [2.24, 2.45) is 5.10 Å². The number of sulfonamides is 1. The van der Waals surface area contributed by atoms with Gasteiger partial charge in [-0.05, 0) is 23.8 Å². The lowest BCUT2D eigenvalue weighted by molar-refractivity contribution is -0.119. The molecule has 1 fully saturated rings. The van der Waals surface area contributed by atoms with Crippen molar-refractivity contribution in [2.45, 2.75) is 19.4 Å². The van der Waals surface area contributed by atoms with Crippen LogP contribution in [0.15, 0.2) is 64.2 Å². The van der Waals surface area contributed by atoms with Crippen molar-refractivity contribution in [1.29, 1.82) is 0 Å². The highest BCUT2D eigenvalue weighted by atomic mass is 79.9. The molecule has 0 aliphatic carbocycles. The number of amides is 1. The van der Waals surface area contributed by atoms with Gasteiger partial charge in [0.25, 0.3) is 5.91 Å². The molecular weight excluding hydrogens is 468 g/mol. The van der Waals surface area contributed by atoms with Gasteiger partial charge in [0.2, 0.25) is 10.0 Å². The minimum absolute atomic E-state index is 0.327. The maximum Gasteiger partial charge on any atom is 0.260 e. The predicted octanol–water partition coefficient (Wildman–Crippen LogP) is 2.98. The number of anilines is 1. The molecule has 9 heteroatoms. The van der Waals surface area contributed by atoms with Crippen molar-refractivity contribution in [2.75, 3.05) is 30.2 Å². The summed E-state index contributed by atoms with van der Waals surface area (Å²) in [5, 5.41) is 4.23. The minimum Gasteiger partial charge on any atom is -0.298 e. The van der Waals surface area contributed by atoms with Crippen molar-refractivity contribution in [3.05, 3.63) is 64.6 Å². The van der Waals surface area contributed by atoms with E-state index in [1.807, 2.05) is 18.2 Å². The second kappa shape index (κ2) is 10.2. The number of hydrogen-bond donors (Lipinski definition) is 1. The highest BCUT2D eigenvalue weighted by Gasteiger charge is 2.21. The van der Waals surface area contributed by atoms with Gasteiger partial charge in [0.15, 0.2) is 0 Å². The predicted molar refractivity (Wildman–Crippen MR) is 123 cm³/mol. The fourth-order valence-corrected chi connectivity index (χ4v) is 4.50. The normalized spacial score (nSPS) is 14.9. The van der Waals surface area contributed by atoms with Crippen molar-refractivity contribution in [3.63, 3.8) is 0 Å². The van der Waals surface area contributed by atoms with E-state index in [1.54, 1.807) is 24.3 Å². The molecule has 1 heterocycles. The molecule has 0 saturated carbocycles. The zero-order chi connectivity index (χ0) is 21.6. The number of rotatable bonds is 7. The van der Waals surface area contributed by atoms with Gasteiger partial charge in [-0.15, -0.1) is 0 Å². The zero-order valence-corrected chi connectivity index (χ0v) is 19.2. The van der Waals surface area contributed by atoms with Crippen LogP contribution in [0.2, 0.25) is 0 Å². The molecule has 160 valence electrons. The van der Waals surface area contributed by atoms with E-state index in [2.05, 4.69) is 43.5 Å².